The Bertz CT molecular complexity index is 2710. The Labute approximate surface area is 249 Å². The molecule has 0 N–H and O–H groups in total. The Morgan fingerprint density at radius 2 is 1.47 bits per heavy atom. The summed E-state index contributed by atoms with van der Waals surface area (Å²) >= 11 is 1.67. The Hall–Kier alpha value is -5.88. The smallest absolute Gasteiger partial charge is 0.204 e. The van der Waals surface area contributed by atoms with Crippen molar-refractivity contribution in [1.29, 1.82) is 5.26 Å². The molecule has 4 nitrogen and oxygen atoms in total. The molecule has 0 unspecified atom stereocenters. The summed E-state index contributed by atoms with van der Waals surface area (Å²) in [6.07, 6.45) is 0. The van der Waals surface area contributed by atoms with Crippen LogP contribution in [-0.4, -0.2) is 4.57 Å². The number of benzene rings is 6. The van der Waals surface area contributed by atoms with E-state index in [1.165, 1.54) is 0 Å². The maximum Gasteiger partial charge on any atom is 0.204 e. The van der Waals surface area contributed by atoms with Crippen LogP contribution in [0, 0.1) is 17.9 Å². The van der Waals surface area contributed by atoms with Crippen LogP contribution >= 0.6 is 11.3 Å². The number of hydrogen-bond donors (Lipinski definition) is 0. The van der Waals surface area contributed by atoms with Crippen LogP contribution in [0.2, 0.25) is 0 Å². The van der Waals surface area contributed by atoms with E-state index < -0.39 is 0 Å². The first-order valence-electron chi connectivity index (χ1n) is 13.9. The zero-order chi connectivity index (χ0) is 28.7. The monoisotopic (exact) mass is 565 g/mol. The lowest BCUT2D eigenvalue weighted by Gasteiger charge is -2.10. The summed E-state index contributed by atoms with van der Waals surface area (Å²) in [5, 5.41) is 16.1. The Morgan fingerprint density at radius 1 is 0.674 bits per heavy atom. The van der Waals surface area contributed by atoms with Gasteiger partial charge in [0.2, 0.25) is 5.69 Å². The fourth-order valence-corrected chi connectivity index (χ4v) is 7.86. The third kappa shape index (κ3) is 3.29. The minimum absolute atomic E-state index is 0.643. The summed E-state index contributed by atoms with van der Waals surface area (Å²) in [6.45, 7) is 7.99. The summed E-state index contributed by atoms with van der Waals surface area (Å²) in [4.78, 5) is 3.93. The van der Waals surface area contributed by atoms with Crippen molar-refractivity contribution in [3.63, 3.8) is 0 Å². The summed E-state index contributed by atoms with van der Waals surface area (Å²) in [7, 11) is 0. The largest absolute Gasteiger partial charge is 0.456 e. The van der Waals surface area contributed by atoms with Gasteiger partial charge in [-0.2, -0.15) is 5.26 Å². The number of aromatic nitrogens is 1. The van der Waals surface area contributed by atoms with Gasteiger partial charge in [-0.15, -0.1) is 11.3 Å². The van der Waals surface area contributed by atoms with Gasteiger partial charge in [-0.3, -0.25) is 0 Å². The molecule has 9 rings (SSSR count). The number of thiophene rings is 1. The number of nitriles is 1. The zero-order valence-electron chi connectivity index (χ0n) is 22.6. The molecular formula is C38H19N3OS. The molecule has 43 heavy (non-hydrogen) atoms. The normalized spacial score (nSPS) is 11.7. The predicted octanol–water partition coefficient (Wildman–Crippen LogP) is 11.1. The molecule has 0 bridgehead atoms. The first kappa shape index (κ1) is 23.8. The van der Waals surface area contributed by atoms with Crippen molar-refractivity contribution in [1.82, 2.24) is 4.57 Å². The molecule has 0 fully saturated rings. The molecule has 0 radical (unpaired) electrons. The summed E-state index contributed by atoms with van der Waals surface area (Å²) in [6, 6.07) is 41.5. The lowest BCUT2D eigenvalue weighted by molar-refractivity contribution is 0.669. The molecule has 6 aromatic carbocycles. The van der Waals surface area contributed by atoms with Crippen LogP contribution in [0.5, 0.6) is 0 Å². The highest BCUT2D eigenvalue weighted by Crippen LogP contribution is 2.48. The third-order valence-corrected chi connectivity index (χ3v) is 9.71. The van der Waals surface area contributed by atoms with E-state index in [0.29, 0.717) is 11.3 Å². The van der Waals surface area contributed by atoms with Crippen LogP contribution < -0.4 is 0 Å². The molecule has 0 amide bonds. The standard InChI is InChI=1S/C38H19N3OS/c1-40-30-16-15-24(23-14-18-35-29(20-23)26-8-3-5-12-34(26)42-35)36-27-9-6-11-33(37(27)43-38(30)36)41-31-10-4-2-7-25(31)28-19-22(21-39)13-17-32(28)41/h2-20H. The van der Waals surface area contributed by atoms with E-state index in [4.69, 9.17) is 11.0 Å². The van der Waals surface area contributed by atoms with E-state index in [9.17, 15) is 5.26 Å². The van der Waals surface area contributed by atoms with Crippen molar-refractivity contribution in [2.45, 2.75) is 0 Å². The minimum atomic E-state index is 0.643. The second-order valence-corrected chi connectivity index (χ2v) is 11.7. The van der Waals surface area contributed by atoms with Crippen LogP contribution in [0.3, 0.4) is 0 Å². The summed E-state index contributed by atoms with van der Waals surface area (Å²) in [5.41, 5.74) is 8.42. The van der Waals surface area contributed by atoms with Gasteiger partial charge in [0.25, 0.3) is 0 Å². The van der Waals surface area contributed by atoms with Crippen molar-refractivity contribution >= 4 is 80.9 Å². The number of hydrogen-bond acceptors (Lipinski definition) is 3. The number of fused-ring (bicyclic) bond motifs is 9. The molecule has 0 spiro atoms. The van der Waals surface area contributed by atoms with Crippen molar-refractivity contribution in [3.8, 4) is 22.9 Å². The SMILES string of the molecule is [C-]#[N+]c1ccc(-c2ccc3oc4ccccc4c3c2)c2c1sc1c(-n3c4ccccc4c4cc(C#N)ccc43)cccc12. The molecular weight excluding hydrogens is 547 g/mol. The molecule has 0 saturated heterocycles. The lowest BCUT2D eigenvalue weighted by atomic mass is 9.97. The number of para-hydroxylation sites is 2. The number of furan rings is 1. The molecule has 198 valence electrons. The molecule has 0 aliphatic heterocycles. The Morgan fingerprint density at radius 3 is 2.35 bits per heavy atom. The van der Waals surface area contributed by atoms with Gasteiger partial charge >= 0.3 is 0 Å². The molecule has 0 aliphatic rings. The lowest BCUT2D eigenvalue weighted by Crippen LogP contribution is -1.93. The molecule has 9 aromatic rings. The maximum absolute atomic E-state index is 9.60. The van der Waals surface area contributed by atoms with Crippen molar-refractivity contribution < 1.29 is 4.42 Å². The van der Waals surface area contributed by atoms with Crippen molar-refractivity contribution in [2.75, 3.05) is 0 Å². The van der Waals surface area contributed by atoms with Crippen LogP contribution in [0.15, 0.2) is 120 Å². The quantitative estimate of drug-likeness (QED) is 0.196. The molecule has 0 atom stereocenters. The molecule has 3 aromatic heterocycles. The van der Waals surface area contributed by atoms with Crippen molar-refractivity contribution in [2.24, 2.45) is 0 Å². The van der Waals surface area contributed by atoms with Gasteiger partial charge in [0.15, 0.2) is 0 Å². The average molecular weight is 566 g/mol. The highest BCUT2D eigenvalue weighted by Gasteiger charge is 2.20. The molecule has 5 heteroatoms. The van der Waals surface area contributed by atoms with E-state index in [0.717, 1.165) is 80.7 Å². The topological polar surface area (TPSA) is 46.2 Å². The number of rotatable bonds is 2. The van der Waals surface area contributed by atoms with E-state index in [-0.39, 0.29) is 0 Å². The fourth-order valence-electron chi connectivity index (χ4n) is 6.57. The van der Waals surface area contributed by atoms with Gasteiger partial charge in [0.1, 0.15) is 11.2 Å². The average Bonchev–Trinajstić information content (AvgIpc) is 3.73. The minimum Gasteiger partial charge on any atom is -0.456 e. The molecule has 0 saturated carbocycles. The van der Waals surface area contributed by atoms with E-state index >= 15 is 0 Å². The highest BCUT2D eigenvalue weighted by atomic mass is 32.1. The predicted molar refractivity (Wildman–Crippen MR) is 177 cm³/mol. The van der Waals surface area contributed by atoms with Crippen LogP contribution in [0.4, 0.5) is 5.69 Å². The fraction of sp³-hybridized carbons (Fsp3) is 0. The summed E-state index contributed by atoms with van der Waals surface area (Å²) in [5.74, 6) is 0. The van der Waals surface area contributed by atoms with E-state index in [1.54, 1.807) is 11.3 Å². The first-order valence-corrected chi connectivity index (χ1v) is 14.8. The Balaban J connectivity index is 1.37. The van der Waals surface area contributed by atoms with Gasteiger partial charge in [-0.25, -0.2) is 4.85 Å². The highest BCUT2D eigenvalue weighted by molar-refractivity contribution is 7.27. The Kier molecular flexibility index (Phi) is 4.87. The molecule has 0 aliphatic carbocycles. The summed E-state index contributed by atoms with van der Waals surface area (Å²) < 4.78 is 10.5. The van der Waals surface area contributed by atoms with Crippen LogP contribution in [-0.2, 0) is 0 Å². The zero-order valence-corrected chi connectivity index (χ0v) is 23.4. The van der Waals surface area contributed by atoms with E-state index in [2.05, 4.69) is 76.1 Å². The van der Waals surface area contributed by atoms with Gasteiger partial charge in [0.05, 0.1) is 39.6 Å². The van der Waals surface area contributed by atoms with Gasteiger partial charge < -0.3 is 8.98 Å². The van der Waals surface area contributed by atoms with Gasteiger partial charge in [-0.1, -0.05) is 66.7 Å². The molecule has 3 heterocycles. The first-order chi connectivity index (χ1) is 21.2. The van der Waals surface area contributed by atoms with Gasteiger partial charge in [0, 0.05) is 31.6 Å². The number of nitrogens with zero attached hydrogens (tertiary/aromatic N) is 3. The second-order valence-electron chi connectivity index (χ2n) is 10.7. The van der Waals surface area contributed by atoms with E-state index in [1.807, 2.05) is 54.6 Å². The third-order valence-electron chi connectivity index (χ3n) is 8.46. The second kappa shape index (κ2) is 8.81. The van der Waals surface area contributed by atoms with Gasteiger partial charge in [-0.05, 0) is 65.0 Å². The van der Waals surface area contributed by atoms with Crippen LogP contribution in [0.1, 0.15) is 5.56 Å². The van der Waals surface area contributed by atoms with Crippen molar-refractivity contribution in [3.05, 3.63) is 132 Å². The van der Waals surface area contributed by atoms with Crippen LogP contribution in [0.25, 0.3) is 85.6 Å². The maximum atomic E-state index is 9.60.